The molecular formula is C15H23Cl. The summed E-state index contributed by atoms with van der Waals surface area (Å²) in [6, 6.07) is 8.69. The number of halogens is 1. The molecule has 1 rings (SSSR count). The molecule has 0 unspecified atom stereocenters. The lowest BCUT2D eigenvalue weighted by atomic mass is 9.72. The lowest BCUT2D eigenvalue weighted by Crippen LogP contribution is -2.24. The Morgan fingerprint density at radius 3 is 1.81 bits per heavy atom. The summed E-state index contributed by atoms with van der Waals surface area (Å²) < 4.78 is 0. The molecule has 1 heteroatoms. The molecule has 0 saturated heterocycles. The second kappa shape index (κ2) is 4.79. The maximum atomic E-state index is 5.80. The SMILES string of the molecule is CC(C)(C)CC(C)(C)c1ccc(CCl)cc1. The smallest absolute Gasteiger partial charge is 0.0474 e. The van der Waals surface area contributed by atoms with Crippen LogP contribution in [-0.4, -0.2) is 0 Å². The maximum absolute atomic E-state index is 5.80. The highest BCUT2D eigenvalue weighted by atomic mass is 35.5. The van der Waals surface area contributed by atoms with Crippen molar-refractivity contribution in [3.05, 3.63) is 35.4 Å². The summed E-state index contributed by atoms with van der Waals surface area (Å²) in [4.78, 5) is 0. The molecule has 0 nitrogen and oxygen atoms in total. The van der Waals surface area contributed by atoms with Crippen LogP contribution in [0.5, 0.6) is 0 Å². The molecule has 90 valence electrons. The summed E-state index contributed by atoms with van der Waals surface area (Å²) in [6.45, 7) is 11.5. The molecule has 0 aliphatic carbocycles. The standard InChI is InChI=1S/C15H23Cl/c1-14(2,3)11-15(4,5)13-8-6-12(10-16)7-9-13/h6-9H,10-11H2,1-5H3. The zero-order valence-electron chi connectivity index (χ0n) is 11.1. The first-order valence-electron chi connectivity index (χ1n) is 5.90. The maximum Gasteiger partial charge on any atom is 0.0474 e. The van der Waals surface area contributed by atoms with Crippen molar-refractivity contribution >= 4 is 11.6 Å². The summed E-state index contributed by atoms with van der Waals surface area (Å²) in [5.74, 6) is 0.597. The number of rotatable bonds is 3. The van der Waals surface area contributed by atoms with Gasteiger partial charge in [0.05, 0.1) is 0 Å². The van der Waals surface area contributed by atoms with Gasteiger partial charge in [0.2, 0.25) is 0 Å². The third-order valence-electron chi connectivity index (χ3n) is 2.86. The Morgan fingerprint density at radius 2 is 1.44 bits per heavy atom. The average molecular weight is 239 g/mol. The fourth-order valence-corrected chi connectivity index (χ4v) is 2.65. The Kier molecular flexibility index (Phi) is 4.07. The van der Waals surface area contributed by atoms with Gasteiger partial charge in [0.1, 0.15) is 0 Å². The predicted molar refractivity (Wildman–Crippen MR) is 73.1 cm³/mol. The van der Waals surface area contributed by atoms with Crippen molar-refractivity contribution in [1.82, 2.24) is 0 Å². The molecule has 0 saturated carbocycles. The van der Waals surface area contributed by atoms with Crippen molar-refractivity contribution in [2.24, 2.45) is 5.41 Å². The van der Waals surface area contributed by atoms with Crippen LogP contribution >= 0.6 is 11.6 Å². The van der Waals surface area contributed by atoms with Crippen LogP contribution in [0.4, 0.5) is 0 Å². The summed E-state index contributed by atoms with van der Waals surface area (Å²) >= 11 is 5.80. The second-order valence-corrected chi connectivity index (χ2v) is 6.72. The molecule has 0 heterocycles. The van der Waals surface area contributed by atoms with Gasteiger partial charge in [0.15, 0.2) is 0 Å². The van der Waals surface area contributed by atoms with Gasteiger partial charge in [-0.25, -0.2) is 0 Å². The van der Waals surface area contributed by atoms with E-state index in [1.807, 2.05) is 0 Å². The van der Waals surface area contributed by atoms with E-state index in [1.54, 1.807) is 0 Å². The molecule has 16 heavy (non-hydrogen) atoms. The van der Waals surface area contributed by atoms with E-state index in [-0.39, 0.29) is 5.41 Å². The lowest BCUT2D eigenvalue weighted by molar-refractivity contribution is 0.284. The van der Waals surface area contributed by atoms with E-state index in [9.17, 15) is 0 Å². The van der Waals surface area contributed by atoms with E-state index in [0.29, 0.717) is 11.3 Å². The number of alkyl halides is 1. The molecule has 0 fully saturated rings. The summed E-state index contributed by atoms with van der Waals surface area (Å²) in [7, 11) is 0. The highest BCUT2D eigenvalue weighted by Gasteiger charge is 2.26. The molecule has 0 aliphatic rings. The quantitative estimate of drug-likeness (QED) is 0.640. The molecule has 0 radical (unpaired) electrons. The Labute approximate surface area is 105 Å². The van der Waals surface area contributed by atoms with Crippen LogP contribution in [0.3, 0.4) is 0 Å². The summed E-state index contributed by atoms with van der Waals surface area (Å²) in [5, 5.41) is 0. The van der Waals surface area contributed by atoms with E-state index >= 15 is 0 Å². The predicted octanol–water partition coefficient (Wildman–Crippen LogP) is 5.14. The Morgan fingerprint density at radius 1 is 0.938 bits per heavy atom. The molecule has 0 bridgehead atoms. The molecule has 0 amide bonds. The first kappa shape index (κ1) is 13.6. The van der Waals surface area contributed by atoms with Crippen LogP contribution in [0.15, 0.2) is 24.3 Å². The van der Waals surface area contributed by atoms with Gasteiger partial charge in [0, 0.05) is 5.88 Å². The lowest BCUT2D eigenvalue weighted by Gasteiger charge is -2.33. The van der Waals surface area contributed by atoms with Crippen LogP contribution in [0, 0.1) is 5.41 Å². The monoisotopic (exact) mass is 238 g/mol. The van der Waals surface area contributed by atoms with Gasteiger partial charge in [0.25, 0.3) is 0 Å². The highest BCUT2D eigenvalue weighted by molar-refractivity contribution is 6.17. The molecule has 1 aromatic carbocycles. The van der Waals surface area contributed by atoms with E-state index < -0.39 is 0 Å². The first-order chi connectivity index (χ1) is 7.24. The van der Waals surface area contributed by atoms with Gasteiger partial charge >= 0.3 is 0 Å². The van der Waals surface area contributed by atoms with Crippen molar-refractivity contribution in [3.8, 4) is 0 Å². The van der Waals surface area contributed by atoms with Crippen LogP contribution in [0.2, 0.25) is 0 Å². The van der Waals surface area contributed by atoms with Crippen molar-refractivity contribution < 1.29 is 0 Å². The Hall–Kier alpha value is -0.490. The first-order valence-corrected chi connectivity index (χ1v) is 6.43. The second-order valence-electron chi connectivity index (χ2n) is 6.45. The van der Waals surface area contributed by atoms with E-state index in [0.717, 1.165) is 0 Å². The molecule has 0 atom stereocenters. The van der Waals surface area contributed by atoms with Crippen molar-refractivity contribution in [3.63, 3.8) is 0 Å². The molecule has 0 aromatic heterocycles. The van der Waals surface area contributed by atoms with Gasteiger partial charge in [-0.2, -0.15) is 0 Å². The summed E-state index contributed by atoms with van der Waals surface area (Å²) in [5.41, 5.74) is 3.17. The van der Waals surface area contributed by atoms with Crippen molar-refractivity contribution in [2.75, 3.05) is 0 Å². The van der Waals surface area contributed by atoms with Crippen LogP contribution in [0.1, 0.15) is 52.2 Å². The van der Waals surface area contributed by atoms with Crippen molar-refractivity contribution in [1.29, 1.82) is 0 Å². The Bertz CT molecular complexity index is 327. The highest BCUT2D eigenvalue weighted by Crippen LogP contribution is 2.36. The molecular weight excluding hydrogens is 216 g/mol. The van der Waals surface area contributed by atoms with E-state index in [2.05, 4.69) is 58.9 Å². The Balaban J connectivity index is 2.89. The van der Waals surface area contributed by atoms with Gasteiger partial charge in [-0.05, 0) is 28.4 Å². The minimum absolute atomic E-state index is 0.225. The molecule has 1 aromatic rings. The topological polar surface area (TPSA) is 0 Å². The largest absolute Gasteiger partial charge is 0.122 e. The molecule has 0 aliphatic heterocycles. The number of hydrogen-bond donors (Lipinski definition) is 0. The van der Waals surface area contributed by atoms with E-state index in [1.165, 1.54) is 17.5 Å². The molecule has 0 spiro atoms. The number of hydrogen-bond acceptors (Lipinski definition) is 0. The van der Waals surface area contributed by atoms with Crippen molar-refractivity contribution in [2.45, 2.75) is 52.3 Å². The van der Waals surface area contributed by atoms with Crippen LogP contribution in [0.25, 0.3) is 0 Å². The fourth-order valence-electron chi connectivity index (χ4n) is 2.47. The van der Waals surface area contributed by atoms with Gasteiger partial charge in [-0.3, -0.25) is 0 Å². The number of benzene rings is 1. The zero-order chi connectivity index (χ0) is 12.4. The average Bonchev–Trinajstić information content (AvgIpc) is 2.14. The van der Waals surface area contributed by atoms with Crippen LogP contribution in [-0.2, 0) is 11.3 Å². The minimum atomic E-state index is 0.225. The third-order valence-corrected chi connectivity index (χ3v) is 3.17. The van der Waals surface area contributed by atoms with Gasteiger partial charge < -0.3 is 0 Å². The summed E-state index contributed by atoms with van der Waals surface area (Å²) in [6.07, 6.45) is 1.18. The van der Waals surface area contributed by atoms with Gasteiger partial charge in [-0.1, -0.05) is 58.9 Å². The normalized spacial score (nSPS) is 12.9. The van der Waals surface area contributed by atoms with E-state index in [4.69, 9.17) is 11.6 Å². The van der Waals surface area contributed by atoms with Gasteiger partial charge in [-0.15, -0.1) is 11.6 Å². The fraction of sp³-hybridized carbons (Fsp3) is 0.600. The molecule has 0 N–H and O–H groups in total. The minimum Gasteiger partial charge on any atom is -0.122 e. The zero-order valence-corrected chi connectivity index (χ0v) is 11.9. The van der Waals surface area contributed by atoms with Crippen LogP contribution < -0.4 is 0 Å². The third kappa shape index (κ3) is 3.83.